The van der Waals surface area contributed by atoms with Gasteiger partial charge in [0.25, 0.3) is 0 Å². The number of nitrogens with zero attached hydrogens (tertiary/aromatic N) is 3. The number of anilines is 3. The lowest BCUT2D eigenvalue weighted by atomic mass is 9.82. The van der Waals surface area contributed by atoms with E-state index < -0.39 is 0 Å². The topological polar surface area (TPSA) is 97.8 Å². The molecule has 5 rings (SSSR count). The second-order valence-electron chi connectivity index (χ2n) is 9.59. The van der Waals surface area contributed by atoms with Crippen LogP contribution in [0.4, 0.5) is 21.9 Å². The van der Waals surface area contributed by atoms with Gasteiger partial charge in [-0.05, 0) is 61.2 Å². The third kappa shape index (κ3) is 4.96. The van der Waals surface area contributed by atoms with Gasteiger partial charge in [-0.2, -0.15) is 5.10 Å². The Hall–Kier alpha value is -4.13. The van der Waals surface area contributed by atoms with E-state index in [4.69, 9.17) is 16.2 Å². The Morgan fingerprint density at radius 1 is 1.03 bits per heavy atom. The van der Waals surface area contributed by atoms with E-state index in [9.17, 15) is 4.79 Å². The predicted molar refractivity (Wildman–Crippen MR) is 146 cm³/mol. The smallest absolute Gasteiger partial charge is 0.349 e. The lowest BCUT2D eigenvalue weighted by molar-refractivity contribution is 0.207. The number of hydrogen-bond donors (Lipinski definition) is 3. The van der Waals surface area contributed by atoms with Crippen molar-refractivity contribution >= 4 is 34.8 Å². The number of guanidine groups is 1. The second kappa shape index (κ2) is 10.2. The number of hydrazone groups is 1. The Kier molecular flexibility index (Phi) is 6.71. The zero-order valence-corrected chi connectivity index (χ0v) is 20.6. The molecule has 2 aliphatic rings. The summed E-state index contributed by atoms with van der Waals surface area (Å²) in [7, 11) is 0. The number of nitrogens with two attached hydrogens (primary N) is 1. The van der Waals surface area contributed by atoms with Gasteiger partial charge in [0.15, 0.2) is 5.96 Å². The Balaban J connectivity index is 1.63. The zero-order valence-electron chi connectivity index (χ0n) is 20.6. The number of rotatable bonds is 5. The summed E-state index contributed by atoms with van der Waals surface area (Å²) in [5.74, 6) is 0.197. The van der Waals surface area contributed by atoms with Crippen LogP contribution in [0.1, 0.15) is 48.8 Å². The molecule has 3 aromatic rings. The van der Waals surface area contributed by atoms with Crippen molar-refractivity contribution in [3.05, 3.63) is 89.5 Å². The zero-order chi connectivity index (χ0) is 25.1. The second-order valence-corrected chi connectivity index (χ2v) is 9.59. The van der Waals surface area contributed by atoms with E-state index in [2.05, 4.69) is 23.5 Å². The number of carbonyl (C=O) groups excluding carboxylic acids is 1. The summed E-state index contributed by atoms with van der Waals surface area (Å²) in [5, 5.41) is 17.0. The van der Waals surface area contributed by atoms with E-state index in [-0.39, 0.29) is 12.0 Å². The summed E-state index contributed by atoms with van der Waals surface area (Å²) in [6.45, 7) is 2.44. The summed E-state index contributed by atoms with van der Waals surface area (Å²) in [6.07, 6.45) is 5.80. The largest absolute Gasteiger partial charge is 0.370 e. The molecule has 1 aliphatic heterocycles. The highest BCUT2D eigenvalue weighted by atomic mass is 16.2. The van der Waals surface area contributed by atoms with Crippen molar-refractivity contribution in [1.29, 1.82) is 5.41 Å². The van der Waals surface area contributed by atoms with Crippen LogP contribution in [-0.4, -0.2) is 22.7 Å². The van der Waals surface area contributed by atoms with Crippen molar-refractivity contribution in [3.63, 3.8) is 0 Å². The summed E-state index contributed by atoms with van der Waals surface area (Å²) < 4.78 is 0. The van der Waals surface area contributed by atoms with Crippen LogP contribution in [0.5, 0.6) is 0 Å². The van der Waals surface area contributed by atoms with E-state index >= 15 is 0 Å². The third-order valence-electron chi connectivity index (χ3n) is 6.88. The number of fused-ring (bicyclic) bond motifs is 1. The quantitative estimate of drug-likeness (QED) is 0.293. The van der Waals surface area contributed by atoms with E-state index in [0.717, 1.165) is 46.6 Å². The highest BCUT2D eigenvalue weighted by Gasteiger charge is 2.34. The molecule has 0 bridgehead atoms. The highest BCUT2D eigenvalue weighted by molar-refractivity contribution is 6.14. The molecule has 7 heteroatoms. The first-order chi connectivity index (χ1) is 17.5. The number of benzene rings is 3. The van der Waals surface area contributed by atoms with Gasteiger partial charge in [0, 0.05) is 17.2 Å². The summed E-state index contributed by atoms with van der Waals surface area (Å²) in [5.41, 5.74) is 11.9. The van der Waals surface area contributed by atoms with Crippen molar-refractivity contribution in [1.82, 2.24) is 5.01 Å². The monoisotopic (exact) mass is 480 g/mol. The van der Waals surface area contributed by atoms with Gasteiger partial charge in [0.2, 0.25) is 0 Å². The maximum absolute atomic E-state index is 14.2. The molecule has 1 heterocycles. The van der Waals surface area contributed by atoms with E-state index in [1.54, 1.807) is 9.91 Å². The van der Waals surface area contributed by atoms with Gasteiger partial charge in [0.05, 0.1) is 23.6 Å². The number of aryl methyl sites for hydroxylation is 1. The Morgan fingerprint density at radius 2 is 1.75 bits per heavy atom. The molecule has 184 valence electrons. The van der Waals surface area contributed by atoms with Gasteiger partial charge in [-0.15, -0.1) is 0 Å². The van der Waals surface area contributed by atoms with Crippen LogP contribution in [0.25, 0.3) is 0 Å². The first-order valence-electron chi connectivity index (χ1n) is 12.6. The standard InChI is InChI=1S/C29H32N6O/c1-20-12-17-25-26(18-20)35(24-15-13-23(14-16-24)32-28(30)31)29(36)34(19-21-8-4-2-5-9-21)33-27(25)22-10-6-3-7-11-22/h2,4-5,8-9,12-18,22H,3,6-7,10-11,19H2,1H3,(H4,30,31,32). The molecule has 4 N–H and O–H groups in total. The van der Waals surface area contributed by atoms with Crippen LogP contribution in [0.15, 0.2) is 77.9 Å². The Bertz CT molecular complexity index is 1280. The summed E-state index contributed by atoms with van der Waals surface area (Å²) in [4.78, 5) is 16.0. The minimum absolute atomic E-state index is 0.130. The molecule has 1 aliphatic carbocycles. The van der Waals surface area contributed by atoms with Crippen LogP contribution < -0.4 is 16.0 Å². The molecule has 36 heavy (non-hydrogen) atoms. The Labute approximate surface area is 212 Å². The molecule has 0 radical (unpaired) electrons. The maximum Gasteiger partial charge on any atom is 0.349 e. The van der Waals surface area contributed by atoms with E-state index in [1.165, 1.54) is 19.3 Å². The van der Waals surface area contributed by atoms with Gasteiger partial charge in [-0.3, -0.25) is 10.3 Å². The van der Waals surface area contributed by atoms with Crippen molar-refractivity contribution in [2.45, 2.75) is 45.6 Å². The lowest BCUT2D eigenvalue weighted by Gasteiger charge is -2.27. The molecule has 2 amide bonds. The van der Waals surface area contributed by atoms with Crippen molar-refractivity contribution < 1.29 is 4.79 Å². The van der Waals surface area contributed by atoms with Crippen molar-refractivity contribution in [2.75, 3.05) is 10.2 Å². The molecule has 3 aromatic carbocycles. The average molecular weight is 481 g/mol. The van der Waals surface area contributed by atoms with Crippen LogP contribution in [-0.2, 0) is 6.54 Å². The molecule has 1 saturated carbocycles. The molecule has 1 fully saturated rings. The van der Waals surface area contributed by atoms with E-state index in [0.29, 0.717) is 18.2 Å². The van der Waals surface area contributed by atoms with Gasteiger partial charge >= 0.3 is 6.03 Å². The number of urea groups is 1. The first kappa shape index (κ1) is 23.6. The number of carbonyl (C=O) groups is 1. The van der Waals surface area contributed by atoms with Crippen LogP contribution in [0.3, 0.4) is 0 Å². The average Bonchev–Trinajstić information content (AvgIpc) is 3.00. The lowest BCUT2D eigenvalue weighted by Crippen LogP contribution is -2.37. The van der Waals surface area contributed by atoms with E-state index in [1.807, 2.05) is 61.5 Å². The third-order valence-corrected chi connectivity index (χ3v) is 6.88. The number of nitrogens with one attached hydrogen (secondary N) is 2. The minimum Gasteiger partial charge on any atom is -0.370 e. The predicted octanol–water partition coefficient (Wildman–Crippen LogP) is 6.36. The molecule has 0 aromatic heterocycles. The Morgan fingerprint density at radius 3 is 2.44 bits per heavy atom. The first-order valence-corrected chi connectivity index (χ1v) is 12.6. The minimum atomic E-state index is -0.191. The number of hydrogen-bond acceptors (Lipinski definition) is 3. The molecule has 0 saturated heterocycles. The van der Waals surface area contributed by atoms with Crippen molar-refractivity contribution in [2.24, 2.45) is 16.8 Å². The van der Waals surface area contributed by atoms with Crippen LogP contribution in [0.2, 0.25) is 0 Å². The van der Waals surface area contributed by atoms with Crippen LogP contribution in [0, 0.1) is 18.3 Å². The fourth-order valence-electron chi connectivity index (χ4n) is 5.12. The molecule has 0 unspecified atom stereocenters. The SMILES string of the molecule is Cc1ccc2c(c1)N(c1ccc(NC(=N)N)cc1)C(=O)N(Cc1ccccc1)N=C2C1CCCCC1. The fourth-order valence-corrected chi connectivity index (χ4v) is 5.12. The molecule has 0 spiro atoms. The molecular weight excluding hydrogens is 448 g/mol. The molecule has 7 nitrogen and oxygen atoms in total. The van der Waals surface area contributed by atoms with Crippen molar-refractivity contribution in [3.8, 4) is 0 Å². The fraction of sp³-hybridized carbons (Fsp3) is 0.276. The molecule has 0 atom stereocenters. The van der Waals surface area contributed by atoms with Gasteiger partial charge in [0.1, 0.15) is 0 Å². The number of amides is 2. The van der Waals surface area contributed by atoms with Gasteiger partial charge in [-0.1, -0.05) is 61.7 Å². The summed E-state index contributed by atoms with van der Waals surface area (Å²) >= 11 is 0. The van der Waals surface area contributed by atoms with Crippen LogP contribution >= 0.6 is 0 Å². The summed E-state index contributed by atoms with van der Waals surface area (Å²) in [6, 6.07) is 23.5. The maximum atomic E-state index is 14.2. The highest BCUT2D eigenvalue weighted by Crippen LogP contribution is 2.38. The van der Waals surface area contributed by atoms with Gasteiger partial charge in [-0.25, -0.2) is 9.80 Å². The van der Waals surface area contributed by atoms with Gasteiger partial charge < -0.3 is 11.1 Å². The normalized spacial score (nSPS) is 16.2. The molecular formula is C29H32N6O.